The molecule has 134 valence electrons. The molecule has 2 aliphatic heterocycles. The lowest BCUT2D eigenvalue weighted by Gasteiger charge is -2.34. The van der Waals surface area contributed by atoms with Gasteiger partial charge in [0.1, 0.15) is 6.26 Å². The summed E-state index contributed by atoms with van der Waals surface area (Å²) in [7, 11) is 0. The number of likely N-dealkylation sites (tertiary alicyclic amines) is 2. The van der Waals surface area contributed by atoms with Crippen LogP contribution in [0.15, 0.2) is 27.5 Å². The van der Waals surface area contributed by atoms with Gasteiger partial charge in [0.2, 0.25) is 17.6 Å². The number of furan rings is 1. The van der Waals surface area contributed by atoms with Gasteiger partial charge in [-0.05, 0) is 38.3 Å². The highest BCUT2D eigenvalue weighted by Gasteiger charge is 2.39. The molecular weight excluding hydrogens is 320 g/mol. The lowest BCUT2D eigenvalue weighted by molar-refractivity contribution is -0.132. The minimum atomic E-state index is 0.273. The van der Waals surface area contributed by atoms with Crippen LogP contribution in [-0.4, -0.2) is 51.0 Å². The van der Waals surface area contributed by atoms with Crippen LogP contribution >= 0.6 is 0 Å². The van der Waals surface area contributed by atoms with Crippen molar-refractivity contribution < 1.29 is 13.7 Å². The summed E-state index contributed by atoms with van der Waals surface area (Å²) in [5.41, 5.74) is 0.823. The predicted octanol–water partition coefficient (Wildman–Crippen LogP) is 2.70. The van der Waals surface area contributed by atoms with E-state index in [0.717, 1.165) is 44.3 Å². The Balaban J connectivity index is 1.46. The quantitative estimate of drug-likeness (QED) is 0.830. The Morgan fingerprint density at radius 2 is 2.12 bits per heavy atom. The molecule has 0 bridgehead atoms. The fourth-order valence-electron chi connectivity index (χ4n) is 4.19. The lowest BCUT2D eigenvalue weighted by Crippen LogP contribution is -2.47. The van der Waals surface area contributed by atoms with Crippen LogP contribution in [0.5, 0.6) is 0 Å². The molecule has 7 heteroatoms. The maximum absolute atomic E-state index is 12.2. The molecule has 2 aliphatic rings. The van der Waals surface area contributed by atoms with Crippen molar-refractivity contribution in [2.75, 3.05) is 13.1 Å². The van der Waals surface area contributed by atoms with Crippen molar-refractivity contribution in [1.29, 1.82) is 0 Å². The van der Waals surface area contributed by atoms with Crippen molar-refractivity contribution in [3.63, 3.8) is 0 Å². The highest BCUT2D eigenvalue weighted by Crippen LogP contribution is 2.31. The summed E-state index contributed by atoms with van der Waals surface area (Å²) in [5, 5.41) is 4.04. The Kier molecular flexibility index (Phi) is 4.57. The molecule has 0 aliphatic carbocycles. The van der Waals surface area contributed by atoms with Gasteiger partial charge in [0, 0.05) is 25.0 Å². The van der Waals surface area contributed by atoms with Gasteiger partial charge >= 0.3 is 0 Å². The third-order valence-electron chi connectivity index (χ3n) is 5.37. The number of aromatic nitrogens is 2. The monoisotopic (exact) mass is 344 g/mol. The maximum atomic E-state index is 12.2. The van der Waals surface area contributed by atoms with E-state index in [2.05, 4.69) is 19.9 Å². The van der Waals surface area contributed by atoms with Gasteiger partial charge in [-0.1, -0.05) is 12.1 Å². The molecule has 1 amide bonds. The van der Waals surface area contributed by atoms with Crippen molar-refractivity contribution >= 4 is 5.91 Å². The first-order valence-corrected chi connectivity index (χ1v) is 9.15. The Bertz CT molecular complexity index is 712. The number of carbonyl (C=O) groups excluding carboxylic acids is 1. The Hall–Kier alpha value is -2.15. The van der Waals surface area contributed by atoms with E-state index in [1.165, 1.54) is 0 Å². The Morgan fingerprint density at radius 3 is 2.92 bits per heavy atom. The molecule has 25 heavy (non-hydrogen) atoms. The summed E-state index contributed by atoms with van der Waals surface area (Å²) in [5.74, 6) is 1.45. The fourth-order valence-corrected chi connectivity index (χ4v) is 4.19. The summed E-state index contributed by atoms with van der Waals surface area (Å²) in [6.07, 6.45) is 8.27. The molecule has 0 N–H and O–H groups in total. The minimum Gasteiger partial charge on any atom is -0.472 e. The van der Waals surface area contributed by atoms with E-state index in [1.54, 1.807) is 12.5 Å². The number of rotatable bonds is 5. The van der Waals surface area contributed by atoms with Crippen molar-refractivity contribution in [3.8, 4) is 11.4 Å². The van der Waals surface area contributed by atoms with Gasteiger partial charge in [0.15, 0.2) is 0 Å². The summed E-state index contributed by atoms with van der Waals surface area (Å²) in [6.45, 7) is 4.49. The molecule has 7 nitrogen and oxygen atoms in total. The maximum Gasteiger partial charge on any atom is 0.241 e. The fraction of sp³-hybridized carbons (Fsp3) is 0.611. The van der Waals surface area contributed by atoms with Gasteiger partial charge in [-0.3, -0.25) is 9.69 Å². The topological polar surface area (TPSA) is 75.6 Å². The van der Waals surface area contributed by atoms with Crippen LogP contribution in [0, 0.1) is 0 Å². The molecule has 2 aromatic rings. The molecule has 2 fully saturated rings. The van der Waals surface area contributed by atoms with Crippen LogP contribution in [0.2, 0.25) is 0 Å². The zero-order valence-corrected chi connectivity index (χ0v) is 14.6. The molecular formula is C18H24N4O3. The van der Waals surface area contributed by atoms with Gasteiger partial charge in [-0.25, -0.2) is 0 Å². The standard InChI is InChI=1S/C18H24N4O3/c1-2-17(23)22-9-4-6-15(22)14-5-3-8-21(14)11-16-19-18(20-25-16)13-7-10-24-12-13/h7,10,12,14-15H,2-6,8-9,11H2,1H3/t14-,15-/m0/s1. The van der Waals surface area contributed by atoms with Crippen molar-refractivity contribution in [2.45, 2.75) is 57.7 Å². The van der Waals surface area contributed by atoms with E-state index >= 15 is 0 Å². The van der Waals surface area contributed by atoms with E-state index in [4.69, 9.17) is 8.94 Å². The van der Waals surface area contributed by atoms with Gasteiger partial charge in [0.05, 0.1) is 18.4 Å². The number of nitrogens with zero attached hydrogens (tertiary/aromatic N) is 4. The molecule has 0 aromatic carbocycles. The number of hydrogen-bond acceptors (Lipinski definition) is 6. The van der Waals surface area contributed by atoms with Crippen LogP contribution in [0.1, 0.15) is 44.9 Å². The minimum absolute atomic E-state index is 0.273. The van der Waals surface area contributed by atoms with Crippen LogP contribution in [0.4, 0.5) is 0 Å². The zero-order valence-electron chi connectivity index (χ0n) is 14.6. The molecule has 0 spiro atoms. The zero-order chi connectivity index (χ0) is 17.2. The third kappa shape index (κ3) is 3.20. The smallest absolute Gasteiger partial charge is 0.241 e. The molecule has 0 unspecified atom stereocenters. The summed E-state index contributed by atoms with van der Waals surface area (Å²) < 4.78 is 10.5. The first-order chi connectivity index (χ1) is 12.3. The molecule has 2 aromatic heterocycles. The number of carbonyl (C=O) groups is 1. The second-order valence-electron chi connectivity index (χ2n) is 6.85. The average molecular weight is 344 g/mol. The highest BCUT2D eigenvalue weighted by atomic mass is 16.5. The molecule has 4 rings (SSSR count). The van der Waals surface area contributed by atoms with E-state index in [0.29, 0.717) is 36.8 Å². The van der Waals surface area contributed by atoms with Crippen LogP contribution < -0.4 is 0 Å². The van der Waals surface area contributed by atoms with Gasteiger partial charge in [-0.15, -0.1) is 0 Å². The number of amides is 1. The van der Waals surface area contributed by atoms with E-state index in [1.807, 2.05) is 13.0 Å². The lowest BCUT2D eigenvalue weighted by atomic mass is 10.0. The Labute approximate surface area is 147 Å². The number of hydrogen-bond donors (Lipinski definition) is 0. The van der Waals surface area contributed by atoms with Crippen LogP contribution in [-0.2, 0) is 11.3 Å². The first kappa shape index (κ1) is 16.3. The van der Waals surface area contributed by atoms with Gasteiger partial charge in [-0.2, -0.15) is 4.98 Å². The molecule has 2 atom stereocenters. The molecule has 0 radical (unpaired) electrons. The summed E-state index contributed by atoms with van der Waals surface area (Å²) in [6, 6.07) is 2.54. The SMILES string of the molecule is CCC(=O)N1CCC[C@H]1[C@@H]1CCCN1Cc1nc(-c2ccoc2)no1. The largest absolute Gasteiger partial charge is 0.472 e. The van der Waals surface area contributed by atoms with E-state index in [9.17, 15) is 4.79 Å². The van der Waals surface area contributed by atoms with Crippen molar-refractivity contribution in [1.82, 2.24) is 19.9 Å². The van der Waals surface area contributed by atoms with Crippen LogP contribution in [0.3, 0.4) is 0 Å². The normalized spacial score (nSPS) is 24.3. The van der Waals surface area contributed by atoms with Crippen LogP contribution in [0.25, 0.3) is 11.4 Å². The summed E-state index contributed by atoms with van der Waals surface area (Å²) >= 11 is 0. The van der Waals surface area contributed by atoms with E-state index in [-0.39, 0.29) is 5.91 Å². The van der Waals surface area contributed by atoms with Crippen molar-refractivity contribution in [2.24, 2.45) is 0 Å². The average Bonchev–Trinajstić information content (AvgIpc) is 3.38. The second-order valence-corrected chi connectivity index (χ2v) is 6.85. The van der Waals surface area contributed by atoms with Gasteiger partial charge in [0.25, 0.3) is 0 Å². The second kappa shape index (κ2) is 7.00. The first-order valence-electron chi connectivity index (χ1n) is 9.15. The third-order valence-corrected chi connectivity index (χ3v) is 5.37. The van der Waals surface area contributed by atoms with E-state index < -0.39 is 0 Å². The molecule has 2 saturated heterocycles. The molecule has 4 heterocycles. The van der Waals surface area contributed by atoms with Gasteiger partial charge < -0.3 is 13.8 Å². The highest BCUT2D eigenvalue weighted by molar-refractivity contribution is 5.76. The summed E-state index contributed by atoms with van der Waals surface area (Å²) in [4.78, 5) is 21.2. The predicted molar refractivity (Wildman–Crippen MR) is 90.5 cm³/mol. The van der Waals surface area contributed by atoms with Crippen molar-refractivity contribution in [3.05, 3.63) is 24.5 Å². The Morgan fingerprint density at radius 1 is 1.28 bits per heavy atom. The molecule has 0 saturated carbocycles.